The Morgan fingerprint density at radius 3 is 2.65 bits per heavy atom. The summed E-state index contributed by atoms with van der Waals surface area (Å²) in [5, 5.41) is 19.6. The van der Waals surface area contributed by atoms with Crippen molar-refractivity contribution in [2.24, 2.45) is 17.8 Å². The van der Waals surface area contributed by atoms with Crippen molar-refractivity contribution in [2.75, 3.05) is 11.1 Å². The number of thioether (sulfide) groups is 1. The van der Waals surface area contributed by atoms with Crippen molar-refractivity contribution in [1.29, 1.82) is 0 Å². The van der Waals surface area contributed by atoms with Crippen LogP contribution < -0.4 is 5.32 Å². The van der Waals surface area contributed by atoms with Gasteiger partial charge in [-0.15, -0.1) is 10.2 Å². The second-order valence-corrected chi connectivity index (χ2v) is 7.38. The number of hydrogen-bond acceptors (Lipinski definition) is 6. The highest BCUT2D eigenvalue weighted by Gasteiger charge is 2.54. The number of nitrogens with one attached hydrogen (secondary N) is 1. The van der Waals surface area contributed by atoms with Gasteiger partial charge < -0.3 is 10.4 Å². The maximum absolute atomic E-state index is 12.1. The molecule has 2 N–H and O–H groups in total. The largest absolute Gasteiger partial charge is 0.481 e. The van der Waals surface area contributed by atoms with Crippen LogP contribution >= 0.6 is 23.1 Å². The molecule has 1 amide bonds. The fourth-order valence-corrected chi connectivity index (χ4v) is 4.49. The van der Waals surface area contributed by atoms with E-state index in [-0.39, 0.29) is 17.6 Å². The van der Waals surface area contributed by atoms with Crippen molar-refractivity contribution < 1.29 is 14.7 Å². The lowest BCUT2D eigenvalue weighted by molar-refractivity contribution is -0.133. The van der Waals surface area contributed by atoms with Gasteiger partial charge in [-0.1, -0.05) is 35.9 Å². The topological polar surface area (TPSA) is 92.2 Å². The van der Waals surface area contributed by atoms with Crippen LogP contribution in [0.1, 0.15) is 25.7 Å². The summed E-state index contributed by atoms with van der Waals surface area (Å²) in [5.41, 5.74) is 0. The number of carbonyl (C=O) groups excluding carboxylic acids is 1. The highest BCUT2D eigenvalue weighted by atomic mass is 32.2. The minimum absolute atomic E-state index is 0.0463. The monoisotopic (exact) mass is 313 g/mol. The second-order valence-electron chi connectivity index (χ2n) is 5.18. The quantitative estimate of drug-likeness (QED) is 0.639. The number of carboxylic acid groups (broad SMARTS) is 1. The third kappa shape index (κ3) is 2.95. The molecule has 0 saturated heterocycles. The Morgan fingerprint density at radius 2 is 2.00 bits per heavy atom. The molecule has 2 aliphatic carbocycles. The van der Waals surface area contributed by atoms with Gasteiger partial charge in [-0.05, 0) is 24.7 Å². The van der Waals surface area contributed by atoms with E-state index in [2.05, 4.69) is 15.5 Å². The minimum atomic E-state index is -0.891. The van der Waals surface area contributed by atoms with Gasteiger partial charge in [0.05, 0.1) is 5.75 Å². The lowest BCUT2D eigenvalue weighted by Gasteiger charge is -2.04. The van der Waals surface area contributed by atoms with Crippen molar-refractivity contribution in [3.05, 3.63) is 0 Å². The molecule has 0 spiro atoms. The van der Waals surface area contributed by atoms with Crippen molar-refractivity contribution in [1.82, 2.24) is 10.2 Å². The summed E-state index contributed by atoms with van der Waals surface area (Å²) in [6.45, 7) is 0. The Hall–Kier alpha value is -1.15. The molecule has 20 heavy (non-hydrogen) atoms. The molecule has 8 heteroatoms. The second kappa shape index (κ2) is 5.69. The number of aromatic nitrogens is 2. The van der Waals surface area contributed by atoms with Crippen LogP contribution in [0.3, 0.4) is 0 Å². The number of carboxylic acids is 1. The predicted octanol–water partition coefficient (Wildman–Crippen LogP) is 2.09. The Kier molecular flexibility index (Phi) is 3.93. The third-order valence-corrected chi connectivity index (χ3v) is 5.87. The van der Waals surface area contributed by atoms with E-state index in [9.17, 15) is 9.59 Å². The number of carbonyl (C=O) groups is 2. The van der Waals surface area contributed by atoms with Crippen LogP contribution in [-0.2, 0) is 9.59 Å². The zero-order valence-corrected chi connectivity index (χ0v) is 12.4. The molecular formula is C12H15N3O3S2. The molecule has 2 atom stereocenters. The summed E-state index contributed by atoms with van der Waals surface area (Å²) < 4.78 is 0.566. The Labute approximate surface area is 124 Å². The molecule has 2 aliphatic rings. The van der Waals surface area contributed by atoms with Crippen LogP contribution in [0.4, 0.5) is 5.13 Å². The number of anilines is 1. The number of hydrogen-bond donors (Lipinski definition) is 2. The minimum Gasteiger partial charge on any atom is -0.481 e. The zero-order valence-electron chi connectivity index (χ0n) is 10.7. The number of fused-ring (bicyclic) bond motifs is 1. The first kappa shape index (κ1) is 13.8. The highest BCUT2D eigenvalue weighted by molar-refractivity contribution is 8.01. The van der Waals surface area contributed by atoms with Crippen LogP contribution in [0.2, 0.25) is 0 Å². The lowest BCUT2D eigenvalue weighted by Crippen LogP contribution is -2.15. The standard InChI is InChI=1S/C12H15N3O3S2/c16-8(17)5-19-12-15-14-11(20-12)13-10(18)9-6-3-1-2-4-7(6)9/h6-7,9H,1-5H2,(H,16,17)(H,13,14,18). The average molecular weight is 313 g/mol. The number of amides is 1. The summed E-state index contributed by atoms with van der Waals surface area (Å²) in [6.07, 6.45) is 4.80. The first-order chi connectivity index (χ1) is 9.65. The van der Waals surface area contributed by atoms with Crippen LogP contribution in [0.25, 0.3) is 0 Å². The molecule has 6 nitrogen and oxygen atoms in total. The van der Waals surface area contributed by atoms with Gasteiger partial charge in [0.25, 0.3) is 0 Å². The van der Waals surface area contributed by atoms with Gasteiger partial charge in [0.1, 0.15) is 0 Å². The smallest absolute Gasteiger partial charge is 0.313 e. The van der Waals surface area contributed by atoms with Crippen molar-refractivity contribution in [2.45, 2.75) is 30.0 Å². The summed E-state index contributed by atoms with van der Waals surface area (Å²) >= 11 is 2.34. The van der Waals surface area contributed by atoms with Crippen LogP contribution in [0, 0.1) is 17.8 Å². The van der Waals surface area contributed by atoms with Crippen LogP contribution in [0.15, 0.2) is 4.34 Å². The Balaban J connectivity index is 1.53. The van der Waals surface area contributed by atoms with Gasteiger partial charge in [-0.2, -0.15) is 0 Å². The fourth-order valence-electron chi connectivity index (χ4n) is 3.01. The summed E-state index contributed by atoms with van der Waals surface area (Å²) in [7, 11) is 0. The van der Waals surface area contributed by atoms with Crippen molar-refractivity contribution in [3.8, 4) is 0 Å². The Morgan fingerprint density at radius 1 is 1.30 bits per heavy atom. The maximum Gasteiger partial charge on any atom is 0.313 e. The number of rotatable bonds is 5. The van der Waals surface area contributed by atoms with Gasteiger partial charge in [0.15, 0.2) is 4.34 Å². The first-order valence-corrected chi connectivity index (χ1v) is 8.44. The van der Waals surface area contributed by atoms with Crippen molar-refractivity contribution in [3.63, 3.8) is 0 Å². The van der Waals surface area contributed by atoms with Gasteiger partial charge >= 0.3 is 5.97 Å². The molecule has 1 heterocycles. The Bertz CT molecular complexity index is 522. The average Bonchev–Trinajstić information content (AvgIpc) is 3.00. The molecule has 2 saturated carbocycles. The van der Waals surface area contributed by atoms with E-state index in [0.717, 1.165) is 11.8 Å². The SMILES string of the molecule is O=C(O)CSc1nnc(NC(=O)C2C3CCCCC32)s1. The van der Waals surface area contributed by atoms with E-state index in [4.69, 9.17) is 5.11 Å². The summed E-state index contributed by atoms with van der Waals surface area (Å²) in [6, 6.07) is 0. The van der Waals surface area contributed by atoms with E-state index >= 15 is 0 Å². The lowest BCUT2D eigenvalue weighted by atomic mass is 10.0. The van der Waals surface area contributed by atoms with Crippen LogP contribution in [-0.4, -0.2) is 32.9 Å². The molecule has 2 unspecified atom stereocenters. The van der Waals surface area contributed by atoms with E-state index in [0.29, 0.717) is 21.3 Å². The first-order valence-electron chi connectivity index (χ1n) is 6.64. The fraction of sp³-hybridized carbons (Fsp3) is 0.667. The summed E-state index contributed by atoms with van der Waals surface area (Å²) in [5.74, 6) is 0.396. The van der Waals surface area contributed by atoms with Crippen LogP contribution in [0.5, 0.6) is 0 Å². The normalized spacial score (nSPS) is 27.7. The highest BCUT2D eigenvalue weighted by Crippen LogP contribution is 2.55. The van der Waals surface area contributed by atoms with E-state index in [1.54, 1.807) is 0 Å². The molecule has 108 valence electrons. The molecule has 1 aromatic rings. The van der Waals surface area contributed by atoms with E-state index in [1.165, 1.54) is 37.0 Å². The molecule has 1 aromatic heterocycles. The molecule has 0 bridgehead atoms. The maximum atomic E-state index is 12.1. The molecule has 0 aliphatic heterocycles. The van der Waals surface area contributed by atoms with Gasteiger partial charge in [0, 0.05) is 5.92 Å². The third-order valence-electron chi connectivity index (χ3n) is 3.91. The molecule has 0 aromatic carbocycles. The molecular weight excluding hydrogens is 298 g/mol. The molecule has 3 rings (SSSR count). The van der Waals surface area contributed by atoms with Crippen molar-refractivity contribution >= 4 is 40.1 Å². The van der Waals surface area contributed by atoms with Gasteiger partial charge in [0.2, 0.25) is 11.0 Å². The summed E-state index contributed by atoms with van der Waals surface area (Å²) in [4.78, 5) is 22.6. The van der Waals surface area contributed by atoms with E-state index in [1.807, 2.05) is 0 Å². The molecule has 2 fully saturated rings. The predicted molar refractivity (Wildman–Crippen MR) is 75.8 cm³/mol. The van der Waals surface area contributed by atoms with Gasteiger partial charge in [-0.25, -0.2) is 0 Å². The number of nitrogens with zero attached hydrogens (tertiary/aromatic N) is 2. The molecule has 0 radical (unpaired) electrons. The zero-order chi connectivity index (χ0) is 14.1. The number of aliphatic carboxylic acids is 1. The van der Waals surface area contributed by atoms with E-state index < -0.39 is 5.97 Å². The van der Waals surface area contributed by atoms with Gasteiger partial charge in [-0.3, -0.25) is 9.59 Å².